The topological polar surface area (TPSA) is 50.4 Å². The molecule has 1 unspecified atom stereocenters. The lowest BCUT2D eigenvalue weighted by Gasteiger charge is -2.32. The Morgan fingerprint density at radius 3 is 2.56 bits per heavy atom. The average molecular weight is 338 g/mol. The van der Waals surface area contributed by atoms with E-state index in [1.807, 2.05) is 61.5 Å². The molecule has 2 N–H and O–H groups in total. The van der Waals surface area contributed by atoms with Crippen LogP contribution in [0, 0.1) is 5.41 Å². The van der Waals surface area contributed by atoms with Crippen LogP contribution in [0.2, 0.25) is 0 Å². The van der Waals surface area contributed by atoms with Gasteiger partial charge in [-0.3, -0.25) is 4.79 Å². The number of rotatable bonds is 6. The number of amides is 1. The number of carbonyl (C=O) groups excluding carboxylic acids is 1. The van der Waals surface area contributed by atoms with Crippen LogP contribution in [0.3, 0.4) is 0 Å². The summed E-state index contributed by atoms with van der Waals surface area (Å²) in [5.41, 5.74) is 1.93. The van der Waals surface area contributed by atoms with Gasteiger partial charge in [0, 0.05) is 13.1 Å². The Hall–Kier alpha value is -2.33. The highest BCUT2D eigenvalue weighted by molar-refractivity contribution is 5.82. The number of piperidine rings is 1. The highest BCUT2D eigenvalue weighted by atomic mass is 16.5. The summed E-state index contributed by atoms with van der Waals surface area (Å²) in [6.45, 7) is 4.91. The van der Waals surface area contributed by atoms with Gasteiger partial charge in [-0.1, -0.05) is 42.5 Å². The largest absolute Gasteiger partial charge is 0.489 e. The summed E-state index contributed by atoms with van der Waals surface area (Å²) >= 11 is 0. The normalized spacial score (nSPS) is 20.0. The van der Waals surface area contributed by atoms with Crippen LogP contribution in [-0.2, 0) is 17.9 Å². The Bertz CT molecular complexity index is 677. The van der Waals surface area contributed by atoms with Gasteiger partial charge in [0.15, 0.2) is 0 Å². The minimum absolute atomic E-state index is 0.129. The first-order valence-electron chi connectivity index (χ1n) is 8.90. The lowest BCUT2D eigenvalue weighted by atomic mass is 9.82. The van der Waals surface area contributed by atoms with Crippen LogP contribution in [0.25, 0.3) is 0 Å². The SMILES string of the molecule is CC1(C(=O)NCc2ccc(OCc3ccccc3)cc2)CCCNC1. The van der Waals surface area contributed by atoms with E-state index in [4.69, 9.17) is 4.74 Å². The second-order valence-corrected chi connectivity index (χ2v) is 6.94. The van der Waals surface area contributed by atoms with E-state index in [2.05, 4.69) is 10.6 Å². The monoisotopic (exact) mass is 338 g/mol. The van der Waals surface area contributed by atoms with E-state index in [0.717, 1.165) is 42.8 Å². The molecule has 0 aromatic heterocycles. The van der Waals surface area contributed by atoms with Crippen LogP contribution < -0.4 is 15.4 Å². The molecule has 4 nitrogen and oxygen atoms in total. The number of ether oxygens (including phenoxy) is 1. The zero-order chi connectivity index (χ0) is 17.5. The van der Waals surface area contributed by atoms with Crippen molar-refractivity contribution >= 4 is 5.91 Å². The molecular formula is C21H26N2O2. The fraction of sp³-hybridized carbons (Fsp3) is 0.381. The van der Waals surface area contributed by atoms with E-state index in [1.54, 1.807) is 0 Å². The molecule has 4 heteroatoms. The molecule has 1 amide bonds. The maximum atomic E-state index is 12.4. The third-order valence-electron chi connectivity index (χ3n) is 4.77. The second kappa shape index (κ2) is 8.17. The van der Waals surface area contributed by atoms with Gasteiger partial charge in [0.25, 0.3) is 0 Å². The van der Waals surface area contributed by atoms with E-state index in [-0.39, 0.29) is 11.3 Å². The summed E-state index contributed by atoms with van der Waals surface area (Å²) in [5.74, 6) is 0.964. The van der Waals surface area contributed by atoms with Crippen molar-refractivity contribution in [3.63, 3.8) is 0 Å². The fourth-order valence-corrected chi connectivity index (χ4v) is 3.09. The zero-order valence-electron chi connectivity index (χ0n) is 14.8. The summed E-state index contributed by atoms with van der Waals surface area (Å²) in [6, 6.07) is 18.0. The van der Waals surface area contributed by atoms with Crippen LogP contribution in [-0.4, -0.2) is 19.0 Å². The van der Waals surface area contributed by atoms with Gasteiger partial charge >= 0.3 is 0 Å². The number of carbonyl (C=O) groups is 1. The minimum Gasteiger partial charge on any atom is -0.489 e. The van der Waals surface area contributed by atoms with Gasteiger partial charge in [-0.05, 0) is 49.6 Å². The molecule has 25 heavy (non-hydrogen) atoms. The predicted molar refractivity (Wildman–Crippen MR) is 99.3 cm³/mol. The predicted octanol–water partition coefficient (Wildman–Crippen LogP) is 3.27. The molecule has 1 aliphatic heterocycles. The van der Waals surface area contributed by atoms with Crippen molar-refractivity contribution in [1.29, 1.82) is 0 Å². The molecule has 2 aromatic carbocycles. The van der Waals surface area contributed by atoms with Crippen molar-refractivity contribution in [2.45, 2.75) is 32.9 Å². The third-order valence-corrected chi connectivity index (χ3v) is 4.77. The zero-order valence-corrected chi connectivity index (χ0v) is 14.8. The molecule has 0 spiro atoms. The van der Waals surface area contributed by atoms with Gasteiger partial charge in [-0.2, -0.15) is 0 Å². The number of nitrogens with one attached hydrogen (secondary N) is 2. The van der Waals surface area contributed by atoms with Crippen molar-refractivity contribution in [2.24, 2.45) is 5.41 Å². The van der Waals surface area contributed by atoms with Crippen molar-refractivity contribution < 1.29 is 9.53 Å². The molecule has 1 heterocycles. The van der Waals surface area contributed by atoms with E-state index in [1.165, 1.54) is 0 Å². The molecule has 1 aliphatic rings. The molecule has 2 aromatic rings. The van der Waals surface area contributed by atoms with Crippen LogP contribution in [0.5, 0.6) is 5.75 Å². The molecule has 1 atom stereocenters. The molecule has 1 saturated heterocycles. The number of benzene rings is 2. The molecule has 0 saturated carbocycles. The van der Waals surface area contributed by atoms with E-state index in [9.17, 15) is 4.79 Å². The Morgan fingerprint density at radius 2 is 1.88 bits per heavy atom. The van der Waals surface area contributed by atoms with E-state index < -0.39 is 0 Å². The van der Waals surface area contributed by atoms with Crippen LogP contribution in [0.1, 0.15) is 30.9 Å². The lowest BCUT2D eigenvalue weighted by molar-refractivity contribution is -0.131. The highest BCUT2D eigenvalue weighted by Crippen LogP contribution is 2.25. The van der Waals surface area contributed by atoms with Crippen molar-refractivity contribution in [3.8, 4) is 5.75 Å². The smallest absolute Gasteiger partial charge is 0.227 e. The Kier molecular flexibility index (Phi) is 5.71. The van der Waals surface area contributed by atoms with E-state index >= 15 is 0 Å². The molecular weight excluding hydrogens is 312 g/mol. The van der Waals surface area contributed by atoms with Crippen molar-refractivity contribution in [2.75, 3.05) is 13.1 Å². The van der Waals surface area contributed by atoms with Crippen molar-refractivity contribution in [1.82, 2.24) is 10.6 Å². The van der Waals surface area contributed by atoms with E-state index in [0.29, 0.717) is 13.2 Å². The van der Waals surface area contributed by atoms with Gasteiger partial charge in [0.2, 0.25) is 5.91 Å². The standard InChI is InChI=1S/C21H26N2O2/c1-21(12-5-13-22-16-21)20(24)23-14-17-8-10-19(11-9-17)25-15-18-6-3-2-4-7-18/h2-4,6-11,22H,5,12-16H2,1H3,(H,23,24). The van der Waals surface area contributed by atoms with Gasteiger partial charge in [-0.15, -0.1) is 0 Å². The summed E-state index contributed by atoms with van der Waals surface area (Å²) in [5, 5.41) is 6.38. The van der Waals surface area contributed by atoms with Gasteiger partial charge < -0.3 is 15.4 Å². The first kappa shape index (κ1) is 17.5. The quantitative estimate of drug-likeness (QED) is 0.850. The van der Waals surface area contributed by atoms with Crippen LogP contribution in [0.4, 0.5) is 0 Å². The molecule has 0 radical (unpaired) electrons. The second-order valence-electron chi connectivity index (χ2n) is 6.94. The maximum absolute atomic E-state index is 12.4. The number of hydrogen-bond acceptors (Lipinski definition) is 3. The summed E-state index contributed by atoms with van der Waals surface area (Å²) in [6.07, 6.45) is 2.00. The molecule has 132 valence electrons. The van der Waals surface area contributed by atoms with Crippen LogP contribution in [0.15, 0.2) is 54.6 Å². The lowest BCUT2D eigenvalue weighted by Crippen LogP contribution is -2.48. The number of hydrogen-bond donors (Lipinski definition) is 2. The molecule has 0 aliphatic carbocycles. The molecule has 0 bridgehead atoms. The molecule has 1 fully saturated rings. The highest BCUT2D eigenvalue weighted by Gasteiger charge is 2.34. The summed E-state index contributed by atoms with van der Waals surface area (Å²) in [7, 11) is 0. The summed E-state index contributed by atoms with van der Waals surface area (Å²) in [4.78, 5) is 12.4. The van der Waals surface area contributed by atoms with Crippen molar-refractivity contribution in [3.05, 3.63) is 65.7 Å². The Labute approximate surface area is 149 Å². The fourth-order valence-electron chi connectivity index (χ4n) is 3.09. The Morgan fingerprint density at radius 1 is 1.12 bits per heavy atom. The van der Waals surface area contributed by atoms with Crippen LogP contribution >= 0.6 is 0 Å². The maximum Gasteiger partial charge on any atom is 0.227 e. The minimum atomic E-state index is -0.295. The van der Waals surface area contributed by atoms with Gasteiger partial charge in [-0.25, -0.2) is 0 Å². The molecule has 3 rings (SSSR count). The summed E-state index contributed by atoms with van der Waals surface area (Å²) < 4.78 is 5.79. The first-order valence-corrected chi connectivity index (χ1v) is 8.90. The van der Waals surface area contributed by atoms with Gasteiger partial charge in [0.05, 0.1) is 5.41 Å². The third kappa shape index (κ3) is 4.83. The Balaban J connectivity index is 1.48. The first-order chi connectivity index (χ1) is 12.2. The van der Waals surface area contributed by atoms with Gasteiger partial charge in [0.1, 0.15) is 12.4 Å². The average Bonchev–Trinajstić information content (AvgIpc) is 2.66.